The Hall–Kier alpha value is -1.95. The average molecular weight is 331 g/mol. The first kappa shape index (κ1) is 15.9. The number of nitrogens with one attached hydrogen (secondary N) is 2. The molecule has 1 amide bonds. The van der Waals surface area contributed by atoms with Crippen LogP contribution < -0.4 is 10.1 Å². The molecular weight excluding hydrogens is 310 g/mol. The molecule has 1 aliphatic rings. The van der Waals surface area contributed by atoms with E-state index in [1.165, 1.54) is 0 Å². The number of ether oxygens (including phenoxy) is 1. The van der Waals surface area contributed by atoms with Gasteiger partial charge in [-0.2, -0.15) is 5.10 Å². The number of carbonyl (C=O) groups is 1. The van der Waals surface area contributed by atoms with E-state index in [-0.39, 0.29) is 22.5 Å². The number of aromatic nitrogens is 2. The lowest BCUT2D eigenvalue weighted by atomic mass is 10.0. The standard InChI is InChI=1S/C17H21N3O2S/c1-9(2)22-13-7-5-12(6-8-13)15-14-10(3)19-20-16(14)18-17(21)11(4)23-15/h5-9,11,15H,1-4H3,(H2,18,19,20,21). The van der Waals surface area contributed by atoms with Gasteiger partial charge in [-0.15, -0.1) is 11.8 Å². The van der Waals surface area contributed by atoms with Crippen LogP contribution in [-0.2, 0) is 4.79 Å². The number of aromatic amines is 1. The number of anilines is 1. The Labute approximate surface area is 140 Å². The van der Waals surface area contributed by atoms with E-state index in [4.69, 9.17) is 4.74 Å². The molecule has 0 radical (unpaired) electrons. The van der Waals surface area contributed by atoms with Gasteiger partial charge in [0.15, 0.2) is 5.82 Å². The molecule has 0 spiro atoms. The van der Waals surface area contributed by atoms with Gasteiger partial charge in [-0.05, 0) is 45.4 Å². The normalized spacial score (nSPS) is 20.8. The molecule has 1 aliphatic heterocycles. The number of nitrogens with zero attached hydrogens (tertiary/aromatic N) is 1. The van der Waals surface area contributed by atoms with Crippen molar-refractivity contribution in [2.45, 2.75) is 44.3 Å². The summed E-state index contributed by atoms with van der Waals surface area (Å²) >= 11 is 1.64. The predicted octanol–water partition coefficient (Wildman–Crippen LogP) is 3.67. The molecule has 5 nitrogen and oxygen atoms in total. The zero-order chi connectivity index (χ0) is 16.6. The van der Waals surface area contributed by atoms with E-state index >= 15 is 0 Å². The number of amides is 1. The summed E-state index contributed by atoms with van der Waals surface area (Å²) in [5.41, 5.74) is 3.17. The number of carbonyl (C=O) groups excluding carboxylic acids is 1. The summed E-state index contributed by atoms with van der Waals surface area (Å²) in [6.07, 6.45) is 0.151. The van der Waals surface area contributed by atoms with E-state index in [2.05, 4.69) is 27.6 Å². The van der Waals surface area contributed by atoms with Gasteiger partial charge >= 0.3 is 0 Å². The summed E-state index contributed by atoms with van der Waals surface area (Å²) < 4.78 is 5.71. The molecule has 2 N–H and O–H groups in total. The van der Waals surface area contributed by atoms with Crippen molar-refractivity contribution in [2.75, 3.05) is 5.32 Å². The van der Waals surface area contributed by atoms with E-state index in [1.807, 2.05) is 39.8 Å². The van der Waals surface area contributed by atoms with Gasteiger partial charge in [0.2, 0.25) is 5.91 Å². The van der Waals surface area contributed by atoms with Gasteiger partial charge in [0, 0.05) is 11.3 Å². The molecular formula is C17H21N3O2S. The van der Waals surface area contributed by atoms with Crippen LogP contribution in [0.1, 0.15) is 42.8 Å². The number of aryl methyl sites for hydroxylation is 1. The third-order valence-corrected chi connectivity index (χ3v) is 5.16. The Bertz CT molecular complexity index is 709. The maximum absolute atomic E-state index is 12.1. The highest BCUT2D eigenvalue weighted by Crippen LogP contribution is 2.44. The van der Waals surface area contributed by atoms with Crippen molar-refractivity contribution in [3.05, 3.63) is 41.1 Å². The molecule has 0 saturated heterocycles. The van der Waals surface area contributed by atoms with Gasteiger partial charge in [-0.25, -0.2) is 0 Å². The second-order valence-corrected chi connectivity index (χ2v) is 7.44. The maximum Gasteiger partial charge on any atom is 0.238 e. The quantitative estimate of drug-likeness (QED) is 0.900. The van der Waals surface area contributed by atoms with Crippen LogP contribution >= 0.6 is 11.8 Å². The van der Waals surface area contributed by atoms with Gasteiger partial charge in [0.05, 0.1) is 16.6 Å². The minimum Gasteiger partial charge on any atom is -0.491 e. The number of hydrogen-bond donors (Lipinski definition) is 2. The summed E-state index contributed by atoms with van der Waals surface area (Å²) in [6.45, 7) is 7.93. The predicted molar refractivity (Wildman–Crippen MR) is 93.1 cm³/mol. The van der Waals surface area contributed by atoms with Crippen molar-refractivity contribution in [3.8, 4) is 5.75 Å². The van der Waals surface area contributed by atoms with Gasteiger partial charge in [0.25, 0.3) is 0 Å². The average Bonchev–Trinajstić information content (AvgIpc) is 2.79. The molecule has 0 bridgehead atoms. The number of thioether (sulfide) groups is 1. The fraction of sp³-hybridized carbons (Fsp3) is 0.412. The summed E-state index contributed by atoms with van der Waals surface area (Å²) in [5.74, 6) is 1.48. The van der Waals surface area contributed by atoms with Crippen molar-refractivity contribution in [1.29, 1.82) is 0 Å². The first-order chi connectivity index (χ1) is 11.0. The Morgan fingerprint density at radius 2 is 1.96 bits per heavy atom. The van der Waals surface area contributed by atoms with Crippen LogP contribution in [0.25, 0.3) is 0 Å². The maximum atomic E-state index is 12.1. The minimum atomic E-state index is -0.139. The lowest BCUT2D eigenvalue weighted by Crippen LogP contribution is -2.21. The van der Waals surface area contributed by atoms with E-state index in [1.54, 1.807) is 11.8 Å². The number of rotatable bonds is 3. The van der Waals surface area contributed by atoms with Crippen molar-refractivity contribution in [2.24, 2.45) is 0 Å². The van der Waals surface area contributed by atoms with E-state index in [0.717, 1.165) is 22.6 Å². The van der Waals surface area contributed by atoms with Gasteiger partial charge < -0.3 is 10.1 Å². The van der Waals surface area contributed by atoms with Crippen LogP contribution in [0.2, 0.25) is 0 Å². The largest absolute Gasteiger partial charge is 0.491 e. The first-order valence-electron chi connectivity index (χ1n) is 7.73. The molecule has 6 heteroatoms. The smallest absolute Gasteiger partial charge is 0.238 e. The van der Waals surface area contributed by atoms with Crippen LogP contribution in [0.15, 0.2) is 24.3 Å². The second-order valence-electron chi connectivity index (χ2n) is 5.99. The summed E-state index contributed by atoms with van der Waals surface area (Å²) in [6, 6.07) is 8.09. The molecule has 23 heavy (non-hydrogen) atoms. The third-order valence-electron chi connectivity index (χ3n) is 3.76. The zero-order valence-corrected chi connectivity index (χ0v) is 14.5. The van der Waals surface area contributed by atoms with Crippen LogP contribution in [0.3, 0.4) is 0 Å². The van der Waals surface area contributed by atoms with E-state index in [9.17, 15) is 4.79 Å². The van der Waals surface area contributed by atoms with Gasteiger partial charge in [-0.3, -0.25) is 9.89 Å². The molecule has 0 aliphatic carbocycles. The fourth-order valence-corrected chi connectivity index (χ4v) is 3.97. The Balaban J connectivity index is 1.97. The SMILES string of the molecule is Cc1[nH]nc2c1C(c1ccc(OC(C)C)cc1)SC(C)C(=O)N2. The highest BCUT2D eigenvalue weighted by Gasteiger charge is 2.32. The molecule has 2 aromatic rings. The highest BCUT2D eigenvalue weighted by molar-refractivity contribution is 8.01. The molecule has 2 unspecified atom stereocenters. The van der Waals surface area contributed by atoms with Crippen molar-refractivity contribution < 1.29 is 9.53 Å². The second kappa shape index (κ2) is 6.28. The Kier molecular flexibility index (Phi) is 4.35. The molecule has 3 rings (SSSR count). The van der Waals surface area contributed by atoms with E-state index in [0.29, 0.717) is 5.82 Å². The van der Waals surface area contributed by atoms with Gasteiger partial charge in [0.1, 0.15) is 5.75 Å². The van der Waals surface area contributed by atoms with Crippen LogP contribution in [0.5, 0.6) is 5.75 Å². The summed E-state index contributed by atoms with van der Waals surface area (Å²) in [5, 5.41) is 10.0. The van der Waals surface area contributed by atoms with Crippen LogP contribution in [0, 0.1) is 6.92 Å². The zero-order valence-electron chi connectivity index (χ0n) is 13.7. The number of H-pyrrole nitrogens is 1. The summed E-state index contributed by atoms with van der Waals surface area (Å²) in [7, 11) is 0. The summed E-state index contributed by atoms with van der Waals surface area (Å²) in [4.78, 5) is 12.1. The van der Waals surface area contributed by atoms with Crippen LogP contribution in [0.4, 0.5) is 5.82 Å². The lowest BCUT2D eigenvalue weighted by Gasteiger charge is -2.18. The van der Waals surface area contributed by atoms with Crippen molar-refractivity contribution >= 4 is 23.5 Å². The highest BCUT2D eigenvalue weighted by atomic mass is 32.2. The monoisotopic (exact) mass is 331 g/mol. The minimum absolute atomic E-state index is 0.00925. The fourth-order valence-electron chi connectivity index (χ4n) is 2.64. The molecule has 122 valence electrons. The topological polar surface area (TPSA) is 67.0 Å². The number of fused-ring (bicyclic) bond motifs is 1. The number of hydrogen-bond acceptors (Lipinski definition) is 4. The van der Waals surface area contributed by atoms with Crippen LogP contribution in [-0.4, -0.2) is 27.5 Å². The Morgan fingerprint density at radius 3 is 2.61 bits per heavy atom. The van der Waals surface area contributed by atoms with Gasteiger partial charge in [-0.1, -0.05) is 12.1 Å². The molecule has 2 heterocycles. The van der Waals surface area contributed by atoms with E-state index < -0.39 is 0 Å². The number of benzene rings is 1. The third kappa shape index (κ3) is 3.22. The van der Waals surface area contributed by atoms with Crippen molar-refractivity contribution in [3.63, 3.8) is 0 Å². The molecule has 1 aromatic carbocycles. The molecule has 1 aromatic heterocycles. The molecule has 0 saturated carbocycles. The first-order valence-corrected chi connectivity index (χ1v) is 8.67. The lowest BCUT2D eigenvalue weighted by molar-refractivity contribution is -0.115. The Morgan fingerprint density at radius 1 is 1.26 bits per heavy atom. The molecule has 0 fully saturated rings. The molecule has 2 atom stereocenters. The van der Waals surface area contributed by atoms with Crippen molar-refractivity contribution in [1.82, 2.24) is 10.2 Å².